The van der Waals surface area contributed by atoms with Crippen LogP contribution in [0.2, 0.25) is 0 Å². The lowest BCUT2D eigenvalue weighted by molar-refractivity contribution is -0.137. The van der Waals surface area contributed by atoms with E-state index in [2.05, 4.69) is 4.98 Å². The predicted octanol–water partition coefficient (Wildman–Crippen LogP) is 3.28. The minimum absolute atomic E-state index is 0.0892. The second-order valence-electron chi connectivity index (χ2n) is 6.43. The van der Waals surface area contributed by atoms with E-state index in [9.17, 15) is 36.6 Å². The Hall–Kier alpha value is -2.70. The van der Waals surface area contributed by atoms with Crippen molar-refractivity contribution in [1.29, 1.82) is 0 Å². The van der Waals surface area contributed by atoms with Gasteiger partial charge in [-0.25, -0.2) is 13.6 Å². The molecule has 31 heavy (non-hydrogen) atoms. The van der Waals surface area contributed by atoms with Crippen LogP contribution in [0.3, 0.4) is 0 Å². The molecule has 12 heteroatoms. The molecule has 0 aliphatic heterocycles. The van der Waals surface area contributed by atoms with Gasteiger partial charge in [0.2, 0.25) is 0 Å². The number of H-pyrrole nitrogens is 2. The SMILES string of the molecule is COC(CO)CSc1c(-c2ccc(F)cc2F)c(C(F)(F)F)cc2c(=O)[nH]c(=O)[nH]c12. The molecule has 3 rings (SSSR count). The van der Waals surface area contributed by atoms with Crippen LogP contribution in [0.4, 0.5) is 22.0 Å². The molecule has 1 unspecified atom stereocenters. The van der Waals surface area contributed by atoms with Crippen molar-refractivity contribution in [3.05, 3.63) is 62.3 Å². The third kappa shape index (κ3) is 4.65. The fourth-order valence-electron chi connectivity index (χ4n) is 2.98. The van der Waals surface area contributed by atoms with Crippen LogP contribution in [-0.2, 0) is 10.9 Å². The zero-order valence-electron chi connectivity index (χ0n) is 15.8. The summed E-state index contributed by atoms with van der Waals surface area (Å²) in [5.41, 5.74) is -4.88. The molecular formula is C19H15F5N2O4S. The molecule has 0 amide bonds. The Balaban J connectivity index is 2.45. The molecule has 0 saturated heterocycles. The normalized spacial score (nSPS) is 13.0. The van der Waals surface area contributed by atoms with Gasteiger partial charge in [-0.3, -0.25) is 9.78 Å². The van der Waals surface area contributed by atoms with Crippen LogP contribution in [-0.4, -0.2) is 40.6 Å². The van der Waals surface area contributed by atoms with Gasteiger partial charge in [0.1, 0.15) is 11.6 Å². The van der Waals surface area contributed by atoms with Crippen molar-refractivity contribution in [3.8, 4) is 11.1 Å². The van der Waals surface area contributed by atoms with Gasteiger partial charge in [-0.05, 0) is 18.2 Å². The van der Waals surface area contributed by atoms with Gasteiger partial charge < -0.3 is 14.8 Å². The Bertz CT molecular complexity index is 1230. The third-order valence-electron chi connectivity index (χ3n) is 4.45. The number of aromatic amines is 2. The summed E-state index contributed by atoms with van der Waals surface area (Å²) in [4.78, 5) is 27.9. The average Bonchev–Trinajstić information content (AvgIpc) is 2.68. The van der Waals surface area contributed by atoms with Crippen LogP contribution in [0.1, 0.15) is 5.56 Å². The predicted molar refractivity (Wildman–Crippen MR) is 104 cm³/mol. The quantitative estimate of drug-likeness (QED) is 0.386. The summed E-state index contributed by atoms with van der Waals surface area (Å²) in [6.45, 7) is -0.461. The molecule has 0 bridgehead atoms. The van der Waals surface area contributed by atoms with Crippen LogP contribution < -0.4 is 11.2 Å². The number of aromatic nitrogens is 2. The van der Waals surface area contributed by atoms with Crippen molar-refractivity contribution >= 4 is 22.7 Å². The molecule has 0 aliphatic rings. The number of halogens is 5. The monoisotopic (exact) mass is 462 g/mol. The highest BCUT2D eigenvalue weighted by atomic mass is 32.2. The fourth-order valence-corrected chi connectivity index (χ4v) is 4.24. The number of benzene rings is 2. The summed E-state index contributed by atoms with van der Waals surface area (Å²) >= 11 is 0.721. The van der Waals surface area contributed by atoms with Crippen molar-refractivity contribution < 1.29 is 31.8 Å². The van der Waals surface area contributed by atoms with Crippen LogP contribution in [0.25, 0.3) is 22.0 Å². The molecule has 2 aromatic carbocycles. The largest absolute Gasteiger partial charge is 0.417 e. The summed E-state index contributed by atoms with van der Waals surface area (Å²) in [5, 5.41) is 8.84. The number of rotatable bonds is 6. The van der Waals surface area contributed by atoms with E-state index in [1.807, 2.05) is 4.98 Å². The summed E-state index contributed by atoms with van der Waals surface area (Å²) < 4.78 is 74.8. The first kappa shape index (κ1) is 23.0. The van der Waals surface area contributed by atoms with E-state index in [0.29, 0.717) is 12.1 Å². The number of aliphatic hydroxyl groups excluding tert-OH is 1. The number of hydrogen-bond donors (Lipinski definition) is 3. The molecule has 0 radical (unpaired) electrons. The van der Waals surface area contributed by atoms with Gasteiger partial charge in [0.25, 0.3) is 5.56 Å². The Morgan fingerprint density at radius 3 is 2.45 bits per heavy atom. The maximum Gasteiger partial charge on any atom is 0.417 e. The van der Waals surface area contributed by atoms with E-state index in [-0.39, 0.29) is 16.2 Å². The zero-order chi connectivity index (χ0) is 22.9. The lowest BCUT2D eigenvalue weighted by atomic mass is 9.96. The van der Waals surface area contributed by atoms with Crippen LogP contribution >= 0.6 is 11.8 Å². The molecule has 0 saturated carbocycles. The molecule has 1 heterocycles. The van der Waals surface area contributed by atoms with Crippen LogP contribution in [0.15, 0.2) is 38.8 Å². The highest BCUT2D eigenvalue weighted by Gasteiger charge is 2.37. The van der Waals surface area contributed by atoms with Crippen LogP contribution in [0.5, 0.6) is 0 Å². The Labute approximate surface area is 175 Å². The van der Waals surface area contributed by atoms with Crippen molar-refractivity contribution in [2.45, 2.75) is 17.2 Å². The molecule has 6 nitrogen and oxygen atoms in total. The molecule has 0 fully saturated rings. The molecular weight excluding hydrogens is 447 g/mol. The maximum atomic E-state index is 14.6. The van der Waals surface area contributed by atoms with E-state index in [4.69, 9.17) is 4.74 Å². The zero-order valence-corrected chi connectivity index (χ0v) is 16.6. The third-order valence-corrected chi connectivity index (χ3v) is 5.68. The summed E-state index contributed by atoms with van der Waals surface area (Å²) in [6, 6.07) is 2.58. The first-order valence-electron chi connectivity index (χ1n) is 8.69. The first-order chi connectivity index (χ1) is 14.6. The van der Waals surface area contributed by atoms with Gasteiger partial charge >= 0.3 is 11.9 Å². The smallest absolute Gasteiger partial charge is 0.394 e. The average molecular weight is 462 g/mol. The number of ether oxygens (including phenoxy) is 1. The topological polar surface area (TPSA) is 95.2 Å². The highest BCUT2D eigenvalue weighted by Crippen LogP contribution is 2.45. The van der Waals surface area contributed by atoms with E-state index in [0.717, 1.165) is 23.9 Å². The van der Waals surface area contributed by atoms with E-state index in [1.165, 1.54) is 7.11 Å². The lowest BCUT2D eigenvalue weighted by Crippen LogP contribution is -2.24. The standard InChI is InChI=1S/C19H15F5N2O4S/c1-30-9(6-27)7-31-16-14(10-3-2-8(20)4-13(10)21)12(19(22,23)24)5-11-15(16)25-18(29)26-17(11)28/h2-5,9,27H,6-7H2,1H3,(H2,25,26,28,29). The van der Waals surface area contributed by atoms with Crippen molar-refractivity contribution in [2.24, 2.45) is 0 Å². The molecule has 0 spiro atoms. The van der Waals surface area contributed by atoms with Crippen LogP contribution in [0, 0.1) is 11.6 Å². The van der Waals surface area contributed by atoms with E-state index in [1.54, 1.807) is 0 Å². The number of fused-ring (bicyclic) bond motifs is 1. The second-order valence-corrected chi connectivity index (χ2v) is 7.46. The molecule has 3 aromatic rings. The van der Waals surface area contributed by atoms with Crippen molar-refractivity contribution in [2.75, 3.05) is 19.5 Å². The lowest BCUT2D eigenvalue weighted by Gasteiger charge is -2.20. The van der Waals surface area contributed by atoms with Crippen molar-refractivity contribution in [3.63, 3.8) is 0 Å². The molecule has 3 N–H and O–H groups in total. The molecule has 166 valence electrons. The Morgan fingerprint density at radius 2 is 1.87 bits per heavy atom. The number of nitrogens with one attached hydrogen (secondary N) is 2. The molecule has 1 atom stereocenters. The first-order valence-corrected chi connectivity index (χ1v) is 9.67. The minimum atomic E-state index is -5.01. The van der Waals surface area contributed by atoms with Crippen molar-refractivity contribution in [1.82, 2.24) is 9.97 Å². The Morgan fingerprint density at radius 1 is 1.16 bits per heavy atom. The summed E-state index contributed by atoms with van der Waals surface area (Å²) in [6.07, 6.45) is -5.81. The highest BCUT2D eigenvalue weighted by molar-refractivity contribution is 7.99. The summed E-state index contributed by atoms with van der Waals surface area (Å²) in [5.74, 6) is -2.34. The molecule has 1 aromatic heterocycles. The minimum Gasteiger partial charge on any atom is -0.394 e. The van der Waals surface area contributed by atoms with Gasteiger partial charge in [-0.2, -0.15) is 13.2 Å². The number of hydrogen-bond acceptors (Lipinski definition) is 5. The van der Waals surface area contributed by atoms with Gasteiger partial charge in [0.05, 0.1) is 29.2 Å². The number of alkyl halides is 3. The fraction of sp³-hybridized carbons (Fsp3) is 0.263. The number of methoxy groups -OCH3 is 1. The van der Waals surface area contributed by atoms with E-state index < -0.39 is 63.8 Å². The van der Waals surface area contributed by atoms with Gasteiger partial charge in [-0.1, -0.05) is 0 Å². The maximum absolute atomic E-state index is 14.6. The van der Waals surface area contributed by atoms with Gasteiger partial charge in [-0.15, -0.1) is 11.8 Å². The summed E-state index contributed by atoms with van der Waals surface area (Å²) in [7, 11) is 1.28. The number of aliphatic hydroxyl groups is 1. The van der Waals surface area contributed by atoms with E-state index >= 15 is 0 Å². The Kier molecular flexibility index (Phi) is 6.53. The van der Waals surface area contributed by atoms with Gasteiger partial charge in [0, 0.05) is 35.0 Å². The molecule has 0 aliphatic carbocycles. The van der Waals surface area contributed by atoms with Gasteiger partial charge in [0.15, 0.2) is 0 Å². The number of thioether (sulfide) groups is 1. The second kappa shape index (κ2) is 8.81.